The van der Waals surface area contributed by atoms with Gasteiger partial charge in [0.05, 0.1) is 11.6 Å². The minimum Gasteiger partial charge on any atom is -0.343 e. The molecule has 1 aliphatic heterocycles. The molecule has 2 aromatic heterocycles. The van der Waals surface area contributed by atoms with E-state index in [-0.39, 0.29) is 23.8 Å². The molecule has 2 fully saturated rings. The molecule has 2 aliphatic rings. The van der Waals surface area contributed by atoms with Crippen molar-refractivity contribution in [1.29, 1.82) is 0 Å². The van der Waals surface area contributed by atoms with Crippen molar-refractivity contribution < 1.29 is 26.3 Å². The summed E-state index contributed by atoms with van der Waals surface area (Å²) in [6.45, 7) is 2.48. The van der Waals surface area contributed by atoms with Gasteiger partial charge in [0.25, 0.3) is 0 Å². The van der Waals surface area contributed by atoms with Crippen LogP contribution in [0.5, 0.6) is 0 Å². The number of piperidine rings is 1. The number of aromatic nitrogens is 3. The zero-order valence-corrected chi connectivity index (χ0v) is 18.2. The average molecular weight is 480 g/mol. The average Bonchev–Trinajstić information content (AvgIpc) is 3.48. The van der Waals surface area contributed by atoms with Crippen LogP contribution >= 0.6 is 0 Å². The highest BCUT2D eigenvalue weighted by Crippen LogP contribution is 2.52. The van der Waals surface area contributed by atoms with Gasteiger partial charge in [0, 0.05) is 25.0 Å². The zero-order chi connectivity index (χ0) is 24.3. The summed E-state index contributed by atoms with van der Waals surface area (Å²) in [5, 5.41) is 0. The monoisotopic (exact) mass is 480 g/mol. The molecule has 0 radical (unpaired) electrons. The number of imidazole rings is 1. The molecule has 0 spiro atoms. The van der Waals surface area contributed by atoms with Crippen molar-refractivity contribution in [2.45, 2.75) is 57.2 Å². The number of alkyl halides is 6. The van der Waals surface area contributed by atoms with E-state index >= 15 is 0 Å². The maximum atomic E-state index is 13.5. The highest BCUT2D eigenvalue weighted by Gasteiger charge is 2.50. The fourth-order valence-electron chi connectivity index (χ4n) is 5.34. The fourth-order valence-corrected chi connectivity index (χ4v) is 5.34. The van der Waals surface area contributed by atoms with Gasteiger partial charge in [-0.25, -0.2) is 9.97 Å². The van der Waals surface area contributed by atoms with Crippen molar-refractivity contribution in [2.24, 2.45) is 5.92 Å². The number of pyridine rings is 1. The van der Waals surface area contributed by atoms with Gasteiger partial charge < -0.3 is 9.47 Å². The van der Waals surface area contributed by atoms with Gasteiger partial charge in [0.15, 0.2) is 0 Å². The molecule has 3 atom stereocenters. The lowest BCUT2D eigenvalue weighted by molar-refractivity contribution is -0.145. The predicted octanol–water partition coefficient (Wildman–Crippen LogP) is 6.40. The second-order valence-corrected chi connectivity index (χ2v) is 9.08. The number of halogens is 6. The third-order valence-electron chi connectivity index (χ3n) is 6.73. The summed E-state index contributed by atoms with van der Waals surface area (Å²) < 4.78 is 82.8. The van der Waals surface area contributed by atoms with Gasteiger partial charge in [0.1, 0.15) is 17.3 Å². The number of aryl methyl sites for hydroxylation is 1. The first-order chi connectivity index (χ1) is 16.0. The minimum absolute atomic E-state index is 0.0749. The van der Waals surface area contributed by atoms with Crippen LogP contribution in [0.25, 0.3) is 0 Å². The highest BCUT2D eigenvalue weighted by molar-refractivity contribution is 5.50. The van der Waals surface area contributed by atoms with Crippen molar-refractivity contribution in [2.75, 3.05) is 4.90 Å². The van der Waals surface area contributed by atoms with Crippen LogP contribution in [-0.2, 0) is 18.9 Å². The Kier molecular flexibility index (Phi) is 5.37. The molecule has 180 valence electrons. The summed E-state index contributed by atoms with van der Waals surface area (Å²) in [7, 11) is 0. The molecule has 5 rings (SSSR count). The second kappa shape index (κ2) is 8.02. The van der Waals surface area contributed by atoms with E-state index in [2.05, 4.69) is 9.97 Å². The van der Waals surface area contributed by atoms with Gasteiger partial charge in [-0.3, -0.25) is 0 Å². The third-order valence-corrected chi connectivity index (χ3v) is 6.73. The summed E-state index contributed by atoms with van der Waals surface area (Å²) >= 11 is 0. The van der Waals surface area contributed by atoms with Crippen LogP contribution in [0.4, 0.5) is 32.2 Å². The lowest BCUT2D eigenvalue weighted by atomic mass is 9.97. The van der Waals surface area contributed by atoms with Crippen molar-refractivity contribution in [3.05, 3.63) is 77.0 Å². The van der Waals surface area contributed by atoms with Crippen LogP contribution in [0, 0.1) is 12.8 Å². The summed E-state index contributed by atoms with van der Waals surface area (Å²) in [5.74, 6) is 0.403. The Morgan fingerprint density at radius 2 is 1.79 bits per heavy atom. The molecule has 34 heavy (non-hydrogen) atoms. The molecule has 3 heterocycles. The van der Waals surface area contributed by atoms with E-state index in [0.717, 1.165) is 23.6 Å². The number of nitrogens with zero attached hydrogens (tertiary/aromatic N) is 4. The molecule has 0 N–H and O–H groups in total. The molecular formula is C24H22F6N4. The van der Waals surface area contributed by atoms with Gasteiger partial charge in [0.2, 0.25) is 0 Å². The number of hydrogen-bond acceptors (Lipinski definition) is 3. The van der Waals surface area contributed by atoms with Crippen molar-refractivity contribution in [3.8, 4) is 0 Å². The van der Waals surface area contributed by atoms with Gasteiger partial charge in [-0.05, 0) is 49.8 Å². The van der Waals surface area contributed by atoms with E-state index in [1.54, 1.807) is 17.3 Å². The zero-order valence-electron chi connectivity index (χ0n) is 18.2. The molecule has 1 aromatic carbocycles. The number of hydrogen-bond donors (Lipinski definition) is 0. The molecule has 4 nitrogen and oxygen atoms in total. The third kappa shape index (κ3) is 4.14. The van der Waals surface area contributed by atoms with E-state index in [4.69, 9.17) is 0 Å². The fraction of sp³-hybridized carbons (Fsp3) is 0.417. The van der Waals surface area contributed by atoms with Crippen molar-refractivity contribution in [3.63, 3.8) is 0 Å². The van der Waals surface area contributed by atoms with E-state index in [1.807, 2.05) is 35.8 Å². The Labute approximate surface area is 192 Å². The normalized spacial score (nSPS) is 22.6. The summed E-state index contributed by atoms with van der Waals surface area (Å²) in [6, 6.07) is 8.10. The predicted molar refractivity (Wildman–Crippen MR) is 113 cm³/mol. The van der Waals surface area contributed by atoms with E-state index in [1.165, 1.54) is 0 Å². The SMILES string of the molecule is Cc1cccc(Cn2ccnc2[C@@H]2[C@H]3CC[C@H](C3)N2c2cc(C(F)(F)F)cc(C(F)(F)F)n2)c1. The van der Waals surface area contributed by atoms with Crippen LogP contribution in [0.3, 0.4) is 0 Å². The van der Waals surface area contributed by atoms with E-state index < -0.39 is 29.7 Å². The van der Waals surface area contributed by atoms with Gasteiger partial charge >= 0.3 is 12.4 Å². The largest absolute Gasteiger partial charge is 0.433 e. The molecule has 10 heteroatoms. The molecule has 1 aliphatic carbocycles. The number of rotatable bonds is 4. The first-order valence-corrected chi connectivity index (χ1v) is 11.0. The van der Waals surface area contributed by atoms with Crippen molar-refractivity contribution >= 4 is 5.82 Å². The van der Waals surface area contributed by atoms with Crippen LogP contribution in [0.1, 0.15) is 53.5 Å². The molecular weight excluding hydrogens is 458 g/mol. The van der Waals surface area contributed by atoms with Crippen molar-refractivity contribution in [1.82, 2.24) is 14.5 Å². The second-order valence-electron chi connectivity index (χ2n) is 9.08. The lowest BCUT2D eigenvalue weighted by Crippen LogP contribution is -2.38. The Hall–Kier alpha value is -3.04. The Morgan fingerprint density at radius 3 is 2.50 bits per heavy atom. The summed E-state index contributed by atoms with van der Waals surface area (Å²) in [5.41, 5.74) is -0.768. The first kappa shape index (κ1) is 22.7. The Bertz CT molecular complexity index is 1170. The molecule has 1 saturated heterocycles. The lowest BCUT2D eigenvalue weighted by Gasteiger charge is -2.36. The van der Waals surface area contributed by atoms with E-state index in [9.17, 15) is 26.3 Å². The van der Waals surface area contributed by atoms with Crippen LogP contribution < -0.4 is 4.90 Å². The maximum Gasteiger partial charge on any atom is 0.433 e. The maximum absolute atomic E-state index is 13.5. The molecule has 3 aromatic rings. The molecule has 0 unspecified atom stereocenters. The summed E-state index contributed by atoms with van der Waals surface area (Å²) in [6.07, 6.45) is -4.28. The van der Waals surface area contributed by atoms with Crippen LogP contribution in [0.2, 0.25) is 0 Å². The van der Waals surface area contributed by atoms with Gasteiger partial charge in [-0.15, -0.1) is 0 Å². The van der Waals surface area contributed by atoms with Gasteiger partial charge in [-0.1, -0.05) is 29.8 Å². The van der Waals surface area contributed by atoms with Crippen LogP contribution in [0.15, 0.2) is 48.8 Å². The minimum atomic E-state index is -4.99. The Morgan fingerprint density at radius 1 is 1.00 bits per heavy atom. The standard InChI is InChI=1S/C24H22F6N4/c1-14-3-2-4-15(9-14)13-33-8-7-31-22(33)21-16-5-6-18(10-16)34(21)20-12-17(23(25,26)27)11-19(32-20)24(28,29)30/h2-4,7-9,11-12,16,18,21H,5-6,10,13H2,1H3/t16-,18+,21-/m0/s1. The van der Waals surface area contributed by atoms with Gasteiger partial charge in [-0.2, -0.15) is 26.3 Å². The smallest absolute Gasteiger partial charge is 0.343 e. The first-order valence-electron chi connectivity index (χ1n) is 11.0. The highest BCUT2D eigenvalue weighted by atomic mass is 19.4. The topological polar surface area (TPSA) is 34.0 Å². The number of benzene rings is 1. The Balaban J connectivity index is 1.57. The molecule has 2 bridgehead atoms. The summed E-state index contributed by atoms with van der Waals surface area (Å²) in [4.78, 5) is 9.80. The quantitative estimate of drug-likeness (QED) is 0.405. The molecule has 0 amide bonds. The number of fused-ring (bicyclic) bond motifs is 2. The van der Waals surface area contributed by atoms with Crippen LogP contribution in [-0.4, -0.2) is 20.6 Å². The molecule has 1 saturated carbocycles. The van der Waals surface area contributed by atoms with E-state index in [0.29, 0.717) is 25.2 Å². The number of anilines is 1.